The van der Waals surface area contributed by atoms with Crippen LogP contribution in [0.1, 0.15) is 45.6 Å². The van der Waals surface area contributed by atoms with Crippen LogP contribution in [0.15, 0.2) is 28.7 Å². The summed E-state index contributed by atoms with van der Waals surface area (Å²) in [5.41, 5.74) is 7.49. The molecule has 0 fully saturated rings. The lowest BCUT2D eigenvalue weighted by atomic mass is 9.76. The number of rotatable bonds is 8. The molecule has 1 aromatic carbocycles. The van der Waals surface area contributed by atoms with Gasteiger partial charge in [0.1, 0.15) is 0 Å². The molecule has 0 aliphatic carbocycles. The largest absolute Gasteiger partial charge is 0.330 e. The lowest BCUT2D eigenvalue weighted by Crippen LogP contribution is -2.25. The highest BCUT2D eigenvalue weighted by molar-refractivity contribution is 9.10. The summed E-state index contributed by atoms with van der Waals surface area (Å²) in [6.07, 6.45) is 3.65. The van der Waals surface area contributed by atoms with Crippen LogP contribution in [0.5, 0.6) is 0 Å². The van der Waals surface area contributed by atoms with Gasteiger partial charge in [0.25, 0.3) is 0 Å². The van der Waals surface area contributed by atoms with Gasteiger partial charge in [0, 0.05) is 11.0 Å². The third-order valence-electron chi connectivity index (χ3n) is 4.20. The van der Waals surface area contributed by atoms with Gasteiger partial charge in [-0.2, -0.15) is 0 Å². The molecule has 0 bridgehead atoms. The number of nitrogens with two attached hydrogens (primary N) is 1. The Labute approximate surface area is 139 Å². The second-order valence-electron chi connectivity index (χ2n) is 7.15. The quantitative estimate of drug-likeness (QED) is 0.734. The number of benzene rings is 1. The molecule has 0 saturated heterocycles. The summed E-state index contributed by atoms with van der Waals surface area (Å²) in [6.45, 7) is 9.96. The van der Waals surface area contributed by atoms with E-state index in [0.717, 1.165) is 36.4 Å². The van der Waals surface area contributed by atoms with Crippen LogP contribution < -0.4 is 5.73 Å². The van der Waals surface area contributed by atoms with E-state index < -0.39 is 0 Å². The second-order valence-corrected chi connectivity index (χ2v) is 8.06. The van der Waals surface area contributed by atoms with Crippen LogP contribution in [-0.2, 0) is 6.54 Å². The standard InChI is InChI=1S/C18H31BrN2/c1-18(2,3)16(11-12-20)6-5-13-21(4)14-15-7-9-17(19)10-8-15/h7-10,16H,5-6,11-14,20H2,1-4H3. The van der Waals surface area contributed by atoms with E-state index in [1.807, 2.05) is 0 Å². The third-order valence-corrected chi connectivity index (χ3v) is 4.73. The van der Waals surface area contributed by atoms with Crippen molar-refractivity contribution >= 4 is 15.9 Å². The molecule has 0 heterocycles. The van der Waals surface area contributed by atoms with E-state index in [-0.39, 0.29) is 0 Å². The van der Waals surface area contributed by atoms with E-state index in [1.54, 1.807) is 0 Å². The molecule has 21 heavy (non-hydrogen) atoms. The molecule has 0 radical (unpaired) electrons. The molecule has 1 rings (SSSR count). The van der Waals surface area contributed by atoms with Crippen molar-refractivity contribution in [3.63, 3.8) is 0 Å². The SMILES string of the molecule is CN(CCCC(CCN)C(C)(C)C)Cc1ccc(Br)cc1. The maximum absolute atomic E-state index is 5.76. The fourth-order valence-electron chi connectivity index (χ4n) is 2.80. The molecule has 1 atom stereocenters. The van der Waals surface area contributed by atoms with Gasteiger partial charge in [-0.15, -0.1) is 0 Å². The summed E-state index contributed by atoms with van der Waals surface area (Å²) in [6, 6.07) is 8.60. The zero-order valence-electron chi connectivity index (χ0n) is 14.0. The van der Waals surface area contributed by atoms with E-state index in [1.165, 1.54) is 18.4 Å². The fourth-order valence-corrected chi connectivity index (χ4v) is 3.06. The minimum Gasteiger partial charge on any atom is -0.330 e. The fraction of sp³-hybridized carbons (Fsp3) is 0.667. The molecular formula is C18H31BrN2. The van der Waals surface area contributed by atoms with Crippen LogP contribution in [0.3, 0.4) is 0 Å². The van der Waals surface area contributed by atoms with Gasteiger partial charge < -0.3 is 10.6 Å². The van der Waals surface area contributed by atoms with Gasteiger partial charge in [0.05, 0.1) is 0 Å². The molecular weight excluding hydrogens is 324 g/mol. The Morgan fingerprint density at radius 2 is 1.76 bits per heavy atom. The van der Waals surface area contributed by atoms with Crippen molar-refractivity contribution in [3.05, 3.63) is 34.3 Å². The third kappa shape index (κ3) is 7.44. The smallest absolute Gasteiger partial charge is 0.0230 e. The average molecular weight is 355 g/mol. The zero-order valence-corrected chi connectivity index (χ0v) is 15.6. The van der Waals surface area contributed by atoms with Crippen LogP contribution in [0, 0.1) is 11.3 Å². The number of hydrogen-bond donors (Lipinski definition) is 1. The second kappa shape index (κ2) is 8.92. The monoisotopic (exact) mass is 354 g/mol. The van der Waals surface area contributed by atoms with E-state index in [2.05, 4.69) is 72.9 Å². The Kier molecular flexibility index (Phi) is 7.93. The Balaban J connectivity index is 2.35. The van der Waals surface area contributed by atoms with Gasteiger partial charge in [0.15, 0.2) is 0 Å². The molecule has 120 valence electrons. The zero-order chi connectivity index (χ0) is 15.9. The molecule has 1 unspecified atom stereocenters. The molecule has 0 spiro atoms. The highest BCUT2D eigenvalue weighted by atomic mass is 79.9. The van der Waals surface area contributed by atoms with Gasteiger partial charge in [-0.3, -0.25) is 0 Å². The molecule has 0 aliphatic heterocycles. The summed E-state index contributed by atoms with van der Waals surface area (Å²) >= 11 is 3.48. The predicted molar refractivity (Wildman–Crippen MR) is 96.3 cm³/mol. The first-order valence-corrected chi connectivity index (χ1v) is 8.75. The van der Waals surface area contributed by atoms with Crippen molar-refractivity contribution in [1.82, 2.24) is 4.90 Å². The van der Waals surface area contributed by atoms with Crippen molar-refractivity contribution < 1.29 is 0 Å². The number of hydrogen-bond acceptors (Lipinski definition) is 2. The topological polar surface area (TPSA) is 29.3 Å². The summed E-state index contributed by atoms with van der Waals surface area (Å²) in [7, 11) is 2.21. The minimum absolute atomic E-state index is 0.365. The van der Waals surface area contributed by atoms with Crippen LogP contribution in [0.25, 0.3) is 0 Å². The van der Waals surface area contributed by atoms with Crippen LogP contribution in [0.2, 0.25) is 0 Å². The first kappa shape index (κ1) is 18.7. The maximum atomic E-state index is 5.76. The molecule has 0 saturated carbocycles. The van der Waals surface area contributed by atoms with Crippen molar-refractivity contribution in [2.45, 2.75) is 46.6 Å². The van der Waals surface area contributed by atoms with E-state index in [9.17, 15) is 0 Å². The summed E-state index contributed by atoms with van der Waals surface area (Å²) in [5, 5.41) is 0. The lowest BCUT2D eigenvalue weighted by molar-refractivity contribution is 0.199. The van der Waals surface area contributed by atoms with Crippen molar-refractivity contribution in [2.75, 3.05) is 20.1 Å². The van der Waals surface area contributed by atoms with Gasteiger partial charge in [-0.25, -0.2) is 0 Å². The van der Waals surface area contributed by atoms with E-state index >= 15 is 0 Å². The number of halogens is 1. The Hall–Kier alpha value is -0.380. The maximum Gasteiger partial charge on any atom is 0.0230 e. The highest BCUT2D eigenvalue weighted by Gasteiger charge is 2.23. The molecule has 1 aromatic rings. The molecule has 2 nitrogen and oxygen atoms in total. The summed E-state index contributed by atoms with van der Waals surface area (Å²) < 4.78 is 1.14. The molecule has 2 N–H and O–H groups in total. The predicted octanol–water partition coefficient (Wildman–Crippen LogP) is 4.67. The highest BCUT2D eigenvalue weighted by Crippen LogP contribution is 2.32. The van der Waals surface area contributed by atoms with Gasteiger partial charge in [0.2, 0.25) is 0 Å². The van der Waals surface area contributed by atoms with Crippen LogP contribution in [-0.4, -0.2) is 25.0 Å². The minimum atomic E-state index is 0.365. The van der Waals surface area contributed by atoms with Crippen molar-refractivity contribution in [2.24, 2.45) is 17.1 Å². The Morgan fingerprint density at radius 1 is 1.14 bits per heavy atom. The molecule has 0 aromatic heterocycles. The normalized spacial score (nSPS) is 13.7. The molecule has 3 heteroatoms. The van der Waals surface area contributed by atoms with Crippen LogP contribution >= 0.6 is 15.9 Å². The molecule has 0 amide bonds. The summed E-state index contributed by atoms with van der Waals surface area (Å²) in [5.74, 6) is 0.726. The first-order valence-electron chi connectivity index (χ1n) is 7.96. The van der Waals surface area contributed by atoms with Crippen molar-refractivity contribution in [1.29, 1.82) is 0 Å². The van der Waals surface area contributed by atoms with Crippen molar-refractivity contribution in [3.8, 4) is 0 Å². The lowest BCUT2D eigenvalue weighted by Gasteiger charge is -2.31. The van der Waals surface area contributed by atoms with Gasteiger partial charge in [-0.1, -0.05) is 48.8 Å². The van der Waals surface area contributed by atoms with Gasteiger partial charge in [-0.05, 0) is 68.4 Å². The van der Waals surface area contributed by atoms with E-state index in [0.29, 0.717) is 5.41 Å². The Bertz CT molecular complexity index is 395. The van der Waals surface area contributed by atoms with E-state index in [4.69, 9.17) is 5.73 Å². The molecule has 0 aliphatic rings. The number of nitrogens with zero attached hydrogens (tertiary/aromatic N) is 1. The summed E-state index contributed by atoms with van der Waals surface area (Å²) in [4.78, 5) is 2.41. The van der Waals surface area contributed by atoms with Crippen LogP contribution in [0.4, 0.5) is 0 Å². The average Bonchev–Trinajstić information content (AvgIpc) is 2.39. The Morgan fingerprint density at radius 3 is 2.29 bits per heavy atom. The van der Waals surface area contributed by atoms with Gasteiger partial charge >= 0.3 is 0 Å². The first-order chi connectivity index (χ1) is 9.82.